The van der Waals surface area contributed by atoms with E-state index in [-0.39, 0.29) is 0 Å². The number of aliphatic hydroxyl groups excluding tert-OH is 10. The molecular weight excluding hydrogens is 551 g/mol. The number of hydrogen-bond acceptors (Lipinski definition) is 17. The molecule has 3 saturated heterocycles. The largest absolute Gasteiger partial charge is 0.469 e. The average Bonchev–Trinajstić information content (AvgIpc) is 2.86. The zero-order chi connectivity index (χ0) is 28.5. The van der Waals surface area contributed by atoms with Gasteiger partial charge >= 0.3 is 7.82 Å². The molecule has 20 heteroatoms. The van der Waals surface area contributed by atoms with E-state index in [0.29, 0.717) is 0 Å². The Morgan fingerprint density at radius 1 is 0.579 bits per heavy atom. The van der Waals surface area contributed by atoms with Gasteiger partial charge in [0.25, 0.3) is 0 Å². The van der Waals surface area contributed by atoms with E-state index in [4.69, 9.17) is 33.5 Å². The van der Waals surface area contributed by atoms with Crippen LogP contribution in [0, 0.1) is 0 Å². The summed E-state index contributed by atoms with van der Waals surface area (Å²) < 4.78 is 41.7. The Balaban J connectivity index is 1.83. The van der Waals surface area contributed by atoms with Gasteiger partial charge in [-0.2, -0.15) is 0 Å². The molecule has 3 aliphatic heterocycles. The van der Waals surface area contributed by atoms with Crippen molar-refractivity contribution in [2.75, 3.05) is 19.8 Å². The summed E-state index contributed by atoms with van der Waals surface area (Å²) in [4.78, 5) is 17.8. The summed E-state index contributed by atoms with van der Waals surface area (Å²) in [6.07, 6.45) is -27.6. The minimum atomic E-state index is -5.04. The third-order valence-electron chi connectivity index (χ3n) is 6.32. The molecule has 0 saturated carbocycles. The normalized spacial score (nSPS) is 48.7. The Kier molecular flexibility index (Phi) is 11.0. The van der Waals surface area contributed by atoms with Gasteiger partial charge in [0.05, 0.1) is 19.8 Å². The first kappa shape index (κ1) is 32.0. The highest BCUT2D eigenvalue weighted by atomic mass is 31.2. The van der Waals surface area contributed by atoms with E-state index >= 15 is 0 Å². The number of hydrogen-bond donors (Lipinski definition) is 12. The minimum absolute atomic E-state index is 0.808. The molecule has 3 rings (SSSR count). The monoisotopic (exact) mass is 584 g/mol. The van der Waals surface area contributed by atoms with Crippen molar-refractivity contribution in [3.8, 4) is 0 Å². The summed E-state index contributed by atoms with van der Waals surface area (Å²) in [7, 11) is -5.04. The number of rotatable bonds is 9. The lowest BCUT2D eigenvalue weighted by Gasteiger charge is -2.48. The lowest BCUT2D eigenvalue weighted by Crippen LogP contribution is -2.67. The number of phosphoric acid groups is 1. The van der Waals surface area contributed by atoms with Crippen LogP contribution in [0.4, 0.5) is 0 Å². The predicted octanol–water partition coefficient (Wildman–Crippen LogP) is -7.46. The predicted molar refractivity (Wildman–Crippen MR) is 112 cm³/mol. The van der Waals surface area contributed by atoms with Crippen LogP contribution in [0.5, 0.6) is 0 Å². The molecule has 0 aromatic heterocycles. The molecule has 12 N–H and O–H groups in total. The van der Waals surface area contributed by atoms with Crippen LogP contribution in [0.15, 0.2) is 0 Å². The van der Waals surface area contributed by atoms with E-state index in [1.165, 1.54) is 0 Å². The third kappa shape index (κ3) is 7.04. The van der Waals surface area contributed by atoms with Crippen LogP contribution in [-0.2, 0) is 32.8 Å². The Morgan fingerprint density at radius 3 is 1.68 bits per heavy atom. The van der Waals surface area contributed by atoms with Gasteiger partial charge in [-0.3, -0.25) is 4.52 Å². The molecule has 3 aliphatic rings. The first-order chi connectivity index (χ1) is 17.7. The molecule has 0 amide bonds. The number of phosphoric ester groups is 1. The second-order valence-electron chi connectivity index (χ2n) is 8.94. The molecule has 0 spiro atoms. The zero-order valence-corrected chi connectivity index (χ0v) is 20.3. The van der Waals surface area contributed by atoms with E-state index in [2.05, 4.69) is 4.52 Å². The highest BCUT2D eigenvalue weighted by molar-refractivity contribution is 7.46. The molecule has 224 valence electrons. The molecule has 3 fully saturated rings. The van der Waals surface area contributed by atoms with Gasteiger partial charge in [-0.05, 0) is 0 Å². The van der Waals surface area contributed by atoms with E-state index in [0.717, 1.165) is 0 Å². The van der Waals surface area contributed by atoms with Gasteiger partial charge in [0.15, 0.2) is 18.9 Å². The first-order valence-electron chi connectivity index (χ1n) is 11.3. The van der Waals surface area contributed by atoms with Gasteiger partial charge < -0.3 is 84.5 Å². The SMILES string of the molecule is O=P(O)(O)OC[C@H]1O[C@H](O[C@@H]2[C@@H](O[C@H]3[C@H](O)[C@@H](CO)OC(O)[C@@H]3O)O[C@H](CO)[C@@H](O)[C@@H]2O)[C@@H](O)[C@@H](O)[C@@H]1O. The fourth-order valence-electron chi connectivity index (χ4n) is 4.19. The van der Waals surface area contributed by atoms with E-state index in [9.17, 15) is 55.6 Å². The molecule has 1 unspecified atom stereocenters. The molecule has 19 nitrogen and oxygen atoms in total. The topological polar surface area (TPSA) is 315 Å². The quantitative estimate of drug-likeness (QED) is 0.112. The van der Waals surface area contributed by atoms with E-state index in [1.54, 1.807) is 0 Å². The fourth-order valence-corrected chi connectivity index (χ4v) is 4.53. The summed E-state index contributed by atoms with van der Waals surface area (Å²) in [5, 5.41) is 101. The molecule has 0 radical (unpaired) electrons. The maximum atomic E-state index is 11.0. The van der Waals surface area contributed by atoms with E-state index in [1.807, 2.05) is 0 Å². The van der Waals surface area contributed by atoms with Crippen LogP contribution in [0.2, 0.25) is 0 Å². The summed E-state index contributed by atoms with van der Waals surface area (Å²) in [5.74, 6) is 0. The Bertz CT molecular complexity index is 800. The lowest BCUT2D eigenvalue weighted by molar-refractivity contribution is -0.387. The lowest BCUT2D eigenvalue weighted by atomic mass is 9.96. The standard InChI is InChI=1S/C18H33O19P/c19-1-4-7(21)11(25)15(18(34-4)36-14-9(23)5(2-20)33-16(28)13(14)27)37-17-12(26)10(24)8(22)6(35-17)3-32-38(29,30)31/h4-28H,1-3H2,(H2,29,30,31)/t4-,5-,6-,7-,8-,9-,10+,11+,12+,13-,14+,15+,16?,17-,18-/m1/s1. The van der Waals surface area contributed by atoms with Gasteiger partial charge in [0.2, 0.25) is 0 Å². The molecule has 0 aromatic carbocycles. The van der Waals surface area contributed by atoms with Crippen LogP contribution >= 0.6 is 7.82 Å². The van der Waals surface area contributed by atoms with Gasteiger partial charge in [-0.1, -0.05) is 0 Å². The van der Waals surface area contributed by atoms with Crippen LogP contribution in [-0.4, -0.2) is 173 Å². The number of ether oxygens (including phenoxy) is 5. The Labute approximate surface area is 214 Å². The van der Waals surface area contributed by atoms with Crippen LogP contribution in [0.3, 0.4) is 0 Å². The van der Waals surface area contributed by atoms with Crippen molar-refractivity contribution in [2.45, 2.75) is 92.1 Å². The van der Waals surface area contributed by atoms with Crippen molar-refractivity contribution in [1.29, 1.82) is 0 Å². The van der Waals surface area contributed by atoms with Crippen molar-refractivity contribution in [2.24, 2.45) is 0 Å². The molecule has 0 aliphatic carbocycles. The Hall–Kier alpha value is -0.490. The molecule has 15 atom stereocenters. The smallest absolute Gasteiger partial charge is 0.394 e. The van der Waals surface area contributed by atoms with Crippen molar-refractivity contribution in [3.05, 3.63) is 0 Å². The summed E-state index contributed by atoms with van der Waals surface area (Å²) in [6.45, 7) is -2.65. The molecule has 0 bridgehead atoms. The van der Waals surface area contributed by atoms with Crippen LogP contribution < -0.4 is 0 Å². The minimum Gasteiger partial charge on any atom is -0.394 e. The highest BCUT2D eigenvalue weighted by Gasteiger charge is 2.54. The third-order valence-corrected chi connectivity index (χ3v) is 6.81. The van der Waals surface area contributed by atoms with Gasteiger partial charge in [-0.25, -0.2) is 4.57 Å². The second kappa shape index (κ2) is 13.0. The molecule has 3 heterocycles. The molecule has 38 heavy (non-hydrogen) atoms. The van der Waals surface area contributed by atoms with Crippen molar-refractivity contribution < 1.29 is 93.6 Å². The Morgan fingerprint density at radius 2 is 1.11 bits per heavy atom. The second-order valence-corrected chi connectivity index (χ2v) is 10.2. The molecular formula is C18H33O19P. The summed E-state index contributed by atoms with van der Waals surface area (Å²) in [5.41, 5.74) is 0. The van der Waals surface area contributed by atoms with Crippen molar-refractivity contribution >= 4 is 7.82 Å². The maximum Gasteiger partial charge on any atom is 0.469 e. The zero-order valence-electron chi connectivity index (χ0n) is 19.5. The first-order valence-corrected chi connectivity index (χ1v) is 12.9. The summed E-state index contributed by atoms with van der Waals surface area (Å²) >= 11 is 0. The average molecular weight is 584 g/mol. The van der Waals surface area contributed by atoms with Gasteiger partial charge in [0, 0.05) is 0 Å². The highest BCUT2D eigenvalue weighted by Crippen LogP contribution is 2.38. The van der Waals surface area contributed by atoms with Crippen LogP contribution in [0.25, 0.3) is 0 Å². The number of aliphatic hydroxyl groups is 10. The van der Waals surface area contributed by atoms with E-state index < -0.39 is 120 Å². The van der Waals surface area contributed by atoms with Gasteiger partial charge in [-0.15, -0.1) is 0 Å². The maximum absolute atomic E-state index is 11.0. The molecule has 0 aromatic rings. The van der Waals surface area contributed by atoms with Crippen molar-refractivity contribution in [3.63, 3.8) is 0 Å². The van der Waals surface area contributed by atoms with Crippen LogP contribution in [0.1, 0.15) is 0 Å². The summed E-state index contributed by atoms with van der Waals surface area (Å²) in [6, 6.07) is 0. The van der Waals surface area contributed by atoms with Gasteiger partial charge in [0.1, 0.15) is 73.2 Å². The van der Waals surface area contributed by atoms with Crippen molar-refractivity contribution in [1.82, 2.24) is 0 Å². The fraction of sp³-hybridized carbons (Fsp3) is 1.00.